The van der Waals surface area contributed by atoms with Gasteiger partial charge in [-0.05, 0) is 35.2 Å². The molecule has 2 unspecified atom stereocenters. The minimum absolute atomic E-state index is 0.346. The van der Waals surface area contributed by atoms with Crippen molar-refractivity contribution >= 4 is 43.1 Å². The van der Waals surface area contributed by atoms with Crippen molar-refractivity contribution in [3.05, 3.63) is 69.5 Å². The zero-order valence-corrected chi connectivity index (χ0v) is 14.3. The summed E-state index contributed by atoms with van der Waals surface area (Å²) < 4.78 is 1.78. The lowest BCUT2D eigenvalue weighted by Crippen LogP contribution is -2.20. The number of rotatable bonds is 4. The quantitative estimate of drug-likeness (QED) is 0.660. The number of fused-ring (bicyclic) bond motifs is 1. The molecule has 23 heavy (non-hydrogen) atoms. The van der Waals surface area contributed by atoms with Gasteiger partial charge in [0, 0.05) is 9.17 Å². The molecule has 0 fully saturated rings. The first kappa shape index (κ1) is 15.9. The van der Waals surface area contributed by atoms with E-state index in [4.69, 9.17) is 0 Å². The summed E-state index contributed by atoms with van der Waals surface area (Å²) in [6, 6.07) is 18.4. The first-order valence-electron chi connectivity index (χ1n) is 6.96. The summed E-state index contributed by atoms with van der Waals surface area (Å²) in [5, 5.41) is 20.8. The molecule has 2 atom stereocenters. The van der Waals surface area contributed by atoms with E-state index in [9.17, 15) is 15.2 Å². The van der Waals surface area contributed by atoms with Crippen LogP contribution in [-0.2, 0) is 0 Å². The van der Waals surface area contributed by atoms with Crippen molar-refractivity contribution in [3.63, 3.8) is 0 Å². The first-order chi connectivity index (χ1) is 11.1. The zero-order valence-electron chi connectivity index (χ0n) is 11.9. The highest BCUT2D eigenvalue weighted by molar-refractivity contribution is 9.10. The van der Waals surface area contributed by atoms with Crippen molar-refractivity contribution in [1.29, 1.82) is 5.26 Å². The third-order valence-corrected chi connectivity index (χ3v) is 5.22. The zero-order chi connectivity index (χ0) is 16.4. The van der Waals surface area contributed by atoms with Crippen LogP contribution in [0.15, 0.2) is 59.1 Å². The number of thiophene rings is 1. The number of carbonyl (C=O) groups excluding carboxylic acids is 1. The van der Waals surface area contributed by atoms with Gasteiger partial charge in [-0.1, -0.05) is 46.3 Å². The van der Waals surface area contributed by atoms with Crippen molar-refractivity contribution in [3.8, 4) is 6.07 Å². The number of hydrogen-bond acceptors (Lipinski definition) is 4. The van der Waals surface area contributed by atoms with Gasteiger partial charge in [0.1, 0.15) is 12.0 Å². The van der Waals surface area contributed by atoms with Crippen LogP contribution in [0.1, 0.15) is 21.3 Å². The second kappa shape index (κ2) is 6.63. The van der Waals surface area contributed by atoms with E-state index >= 15 is 0 Å². The van der Waals surface area contributed by atoms with Crippen LogP contribution < -0.4 is 0 Å². The van der Waals surface area contributed by atoms with Crippen LogP contribution in [0.5, 0.6) is 0 Å². The standard InChI is InChI=1S/C18H12BrNO2S/c19-13-6-3-5-12(8-13)17(21)14(10-20)18(22)16-9-11-4-1-2-7-15(11)23-16/h1-9,14,17,21H. The Bertz CT molecular complexity index is 880. The summed E-state index contributed by atoms with van der Waals surface area (Å²) in [4.78, 5) is 13.2. The summed E-state index contributed by atoms with van der Waals surface area (Å²) in [6.45, 7) is 0. The molecule has 0 bridgehead atoms. The van der Waals surface area contributed by atoms with Crippen LogP contribution in [0, 0.1) is 17.2 Å². The normalized spacial score (nSPS) is 13.4. The number of hydrogen-bond donors (Lipinski definition) is 1. The van der Waals surface area contributed by atoms with E-state index in [0.29, 0.717) is 10.4 Å². The molecule has 3 rings (SSSR count). The molecule has 1 aromatic heterocycles. The number of ketones is 1. The molecule has 0 aliphatic heterocycles. The maximum absolute atomic E-state index is 12.7. The minimum Gasteiger partial charge on any atom is -0.387 e. The Labute approximate surface area is 145 Å². The summed E-state index contributed by atoms with van der Waals surface area (Å²) in [5.74, 6) is -1.47. The summed E-state index contributed by atoms with van der Waals surface area (Å²) >= 11 is 4.67. The van der Waals surface area contributed by atoms with Crippen molar-refractivity contribution in [2.75, 3.05) is 0 Å². The molecule has 0 spiro atoms. The van der Waals surface area contributed by atoms with Crippen LogP contribution in [0.2, 0.25) is 0 Å². The van der Waals surface area contributed by atoms with Gasteiger partial charge in [0.15, 0.2) is 5.78 Å². The second-order valence-corrected chi connectivity index (χ2v) is 7.12. The number of carbonyl (C=O) groups is 1. The summed E-state index contributed by atoms with van der Waals surface area (Å²) in [7, 11) is 0. The van der Waals surface area contributed by atoms with Gasteiger partial charge in [-0.15, -0.1) is 11.3 Å². The Morgan fingerprint density at radius 2 is 1.96 bits per heavy atom. The minimum atomic E-state index is -1.16. The SMILES string of the molecule is N#CC(C(=O)c1cc2ccccc2s1)C(O)c1cccc(Br)c1. The fourth-order valence-electron chi connectivity index (χ4n) is 2.41. The van der Waals surface area contributed by atoms with Crippen molar-refractivity contribution in [2.24, 2.45) is 5.92 Å². The molecule has 1 N–H and O–H groups in total. The van der Waals surface area contributed by atoms with Gasteiger partial charge in [0.2, 0.25) is 0 Å². The molecule has 1 heterocycles. The topological polar surface area (TPSA) is 61.1 Å². The molecule has 3 aromatic rings. The lowest BCUT2D eigenvalue weighted by atomic mass is 9.92. The number of nitrogens with zero attached hydrogens (tertiary/aromatic N) is 1. The van der Waals surface area contributed by atoms with Gasteiger partial charge < -0.3 is 5.11 Å². The molecule has 0 aliphatic rings. The van der Waals surface area contributed by atoms with Gasteiger partial charge in [-0.25, -0.2) is 0 Å². The van der Waals surface area contributed by atoms with Crippen LogP contribution in [0.3, 0.4) is 0 Å². The summed E-state index contributed by atoms with van der Waals surface area (Å²) in [5.41, 5.74) is 0.542. The average molecular weight is 386 g/mol. The van der Waals surface area contributed by atoms with E-state index in [1.165, 1.54) is 11.3 Å². The van der Waals surface area contributed by atoms with E-state index in [1.54, 1.807) is 24.3 Å². The number of nitriles is 1. The fourth-order valence-corrected chi connectivity index (χ4v) is 3.87. The maximum Gasteiger partial charge on any atom is 0.192 e. The molecule has 2 aromatic carbocycles. The maximum atomic E-state index is 12.7. The van der Waals surface area contributed by atoms with E-state index in [1.807, 2.05) is 36.4 Å². The first-order valence-corrected chi connectivity index (χ1v) is 8.57. The van der Waals surface area contributed by atoms with E-state index in [2.05, 4.69) is 15.9 Å². The lowest BCUT2D eigenvalue weighted by molar-refractivity contribution is 0.0780. The van der Waals surface area contributed by atoms with Crippen LogP contribution in [-0.4, -0.2) is 10.9 Å². The highest BCUT2D eigenvalue weighted by atomic mass is 79.9. The molecule has 3 nitrogen and oxygen atoms in total. The third kappa shape index (κ3) is 3.20. The Morgan fingerprint density at radius 3 is 2.65 bits per heavy atom. The predicted octanol–water partition coefficient (Wildman–Crippen LogP) is 4.72. The molecule has 0 saturated carbocycles. The monoisotopic (exact) mass is 385 g/mol. The van der Waals surface area contributed by atoms with E-state index in [-0.39, 0.29) is 5.78 Å². The molecular formula is C18H12BrNO2S. The largest absolute Gasteiger partial charge is 0.387 e. The molecule has 0 radical (unpaired) electrons. The van der Waals surface area contributed by atoms with Gasteiger partial charge in [0.25, 0.3) is 0 Å². The Kier molecular flexibility index (Phi) is 4.58. The van der Waals surface area contributed by atoms with Crippen molar-refractivity contribution in [1.82, 2.24) is 0 Å². The van der Waals surface area contributed by atoms with Gasteiger partial charge >= 0.3 is 0 Å². The Morgan fingerprint density at radius 1 is 1.17 bits per heavy atom. The molecule has 5 heteroatoms. The van der Waals surface area contributed by atoms with Crippen molar-refractivity contribution in [2.45, 2.75) is 6.10 Å². The summed E-state index contributed by atoms with van der Waals surface area (Å²) in [6.07, 6.45) is -1.16. The highest BCUT2D eigenvalue weighted by Crippen LogP contribution is 2.31. The molecule has 0 amide bonds. The third-order valence-electron chi connectivity index (χ3n) is 3.60. The molecule has 114 valence electrons. The Balaban J connectivity index is 1.93. The van der Waals surface area contributed by atoms with E-state index < -0.39 is 12.0 Å². The predicted molar refractivity (Wildman–Crippen MR) is 94.4 cm³/mol. The van der Waals surface area contributed by atoms with Crippen molar-refractivity contribution < 1.29 is 9.90 Å². The van der Waals surface area contributed by atoms with Gasteiger partial charge in [-0.3, -0.25) is 4.79 Å². The molecule has 0 saturated heterocycles. The number of aliphatic hydroxyl groups excluding tert-OH is 1. The fraction of sp³-hybridized carbons (Fsp3) is 0.111. The van der Waals surface area contributed by atoms with Gasteiger partial charge in [0.05, 0.1) is 10.9 Å². The average Bonchev–Trinajstić information content (AvgIpc) is 2.99. The van der Waals surface area contributed by atoms with Crippen LogP contribution in [0.25, 0.3) is 10.1 Å². The van der Waals surface area contributed by atoms with Gasteiger partial charge in [-0.2, -0.15) is 5.26 Å². The second-order valence-electron chi connectivity index (χ2n) is 5.12. The number of aliphatic hydroxyl groups is 1. The lowest BCUT2D eigenvalue weighted by Gasteiger charge is -2.15. The number of halogens is 1. The molecular weight excluding hydrogens is 374 g/mol. The smallest absolute Gasteiger partial charge is 0.192 e. The number of benzene rings is 2. The number of Topliss-reactive ketones (excluding diaryl/α,β-unsaturated/α-hetero) is 1. The van der Waals surface area contributed by atoms with E-state index in [0.717, 1.165) is 14.6 Å². The molecule has 0 aliphatic carbocycles. The van der Waals surface area contributed by atoms with Crippen LogP contribution in [0.4, 0.5) is 0 Å². The van der Waals surface area contributed by atoms with Crippen LogP contribution >= 0.6 is 27.3 Å². The highest BCUT2D eigenvalue weighted by Gasteiger charge is 2.30. The Hall–Kier alpha value is -2.00.